The topological polar surface area (TPSA) is 36.7 Å². The van der Waals surface area contributed by atoms with Gasteiger partial charge < -0.3 is 0 Å². The van der Waals surface area contributed by atoms with Crippen LogP contribution in [0, 0.1) is 25.2 Å². The molecule has 114 valence electrons. The molecule has 0 N–H and O–H groups in total. The van der Waals surface area contributed by atoms with E-state index in [1.807, 2.05) is 31.2 Å². The highest BCUT2D eigenvalue weighted by Crippen LogP contribution is 2.36. The van der Waals surface area contributed by atoms with E-state index in [0.29, 0.717) is 5.75 Å². The Morgan fingerprint density at radius 2 is 1.82 bits per heavy atom. The molecule has 0 radical (unpaired) electrons. The largest absolute Gasteiger partial charge is 0.417 e. The van der Waals surface area contributed by atoms with Gasteiger partial charge in [-0.1, -0.05) is 29.8 Å². The van der Waals surface area contributed by atoms with Crippen LogP contribution in [-0.2, 0) is 11.9 Å². The lowest BCUT2D eigenvalue weighted by molar-refractivity contribution is -0.138. The Morgan fingerprint density at radius 3 is 2.36 bits per heavy atom. The summed E-state index contributed by atoms with van der Waals surface area (Å²) in [5, 5.41) is 9.20. The predicted octanol–water partition coefficient (Wildman–Crippen LogP) is 4.88. The number of hydrogen-bond acceptors (Lipinski definition) is 3. The van der Waals surface area contributed by atoms with Gasteiger partial charge in [0.2, 0.25) is 0 Å². The zero-order valence-corrected chi connectivity index (χ0v) is 12.8. The molecule has 2 nitrogen and oxygen atoms in total. The van der Waals surface area contributed by atoms with Crippen LogP contribution in [0.25, 0.3) is 0 Å². The van der Waals surface area contributed by atoms with Gasteiger partial charge in [-0.3, -0.25) is 0 Å². The second-order valence-corrected chi connectivity index (χ2v) is 5.84. The third-order valence-electron chi connectivity index (χ3n) is 3.03. The Morgan fingerprint density at radius 1 is 1.18 bits per heavy atom. The highest BCUT2D eigenvalue weighted by molar-refractivity contribution is 7.98. The normalized spacial score (nSPS) is 11.3. The van der Waals surface area contributed by atoms with Gasteiger partial charge >= 0.3 is 6.18 Å². The van der Waals surface area contributed by atoms with Crippen LogP contribution in [0.3, 0.4) is 0 Å². The molecular formula is C16H13F3N2S. The number of rotatable bonds is 3. The molecular weight excluding hydrogens is 309 g/mol. The number of thioether (sulfide) groups is 1. The van der Waals surface area contributed by atoms with Crippen LogP contribution in [-0.4, -0.2) is 4.98 Å². The van der Waals surface area contributed by atoms with Gasteiger partial charge in [0.1, 0.15) is 11.1 Å². The van der Waals surface area contributed by atoms with Crippen LogP contribution < -0.4 is 0 Å². The van der Waals surface area contributed by atoms with Crippen molar-refractivity contribution in [3.63, 3.8) is 0 Å². The molecule has 2 aromatic rings. The van der Waals surface area contributed by atoms with E-state index < -0.39 is 17.3 Å². The summed E-state index contributed by atoms with van der Waals surface area (Å²) in [4.78, 5) is 4.09. The van der Waals surface area contributed by atoms with E-state index in [-0.39, 0.29) is 10.7 Å². The Hall–Kier alpha value is -2.00. The molecule has 0 aliphatic heterocycles. The summed E-state index contributed by atoms with van der Waals surface area (Å²) >= 11 is 1.14. The number of alkyl halides is 3. The molecule has 1 aromatic carbocycles. The summed E-state index contributed by atoms with van der Waals surface area (Å²) < 4.78 is 39.0. The lowest BCUT2D eigenvalue weighted by Gasteiger charge is -2.12. The highest BCUT2D eigenvalue weighted by Gasteiger charge is 2.35. The number of halogens is 3. The molecule has 1 heterocycles. The summed E-state index contributed by atoms with van der Waals surface area (Å²) in [7, 11) is 0. The van der Waals surface area contributed by atoms with Gasteiger partial charge in [-0.15, -0.1) is 11.8 Å². The van der Waals surface area contributed by atoms with Gasteiger partial charge in [-0.25, -0.2) is 4.98 Å². The van der Waals surface area contributed by atoms with Crippen LogP contribution in [0.2, 0.25) is 0 Å². The standard InChI is InChI=1S/C16H13F3N2S/c1-10-3-5-12(6-4-10)9-22-15-13(8-20)14(16(17,18)19)7-11(2)21-15/h3-7H,9H2,1-2H3. The van der Waals surface area contributed by atoms with E-state index in [1.165, 1.54) is 6.92 Å². The summed E-state index contributed by atoms with van der Waals surface area (Å²) in [5.74, 6) is 0.461. The fraction of sp³-hybridized carbons (Fsp3) is 0.250. The Kier molecular flexibility index (Phi) is 4.77. The maximum Gasteiger partial charge on any atom is 0.417 e. The molecule has 0 spiro atoms. The molecule has 6 heteroatoms. The minimum atomic E-state index is -4.56. The van der Waals surface area contributed by atoms with Gasteiger partial charge in [-0.2, -0.15) is 18.4 Å². The summed E-state index contributed by atoms with van der Waals surface area (Å²) in [6.45, 7) is 3.45. The van der Waals surface area contributed by atoms with Crippen molar-refractivity contribution in [3.8, 4) is 6.07 Å². The van der Waals surface area contributed by atoms with Crippen molar-refractivity contribution in [1.29, 1.82) is 5.26 Å². The number of pyridine rings is 1. The monoisotopic (exact) mass is 322 g/mol. The van der Waals surface area contributed by atoms with E-state index in [2.05, 4.69) is 4.98 Å². The van der Waals surface area contributed by atoms with E-state index >= 15 is 0 Å². The fourth-order valence-electron chi connectivity index (χ4n) is 1.92. The van der Waals surface area contributed by atoms with Crippen molar-refractivity contribution >= 4 is 11.8 Å². The van der Waals surface area contributed by atoms with Crippen molar-refractivity contribution in [2.45, 2.75) is 30.8 Å². The van der Waals surface area contributed by atoms with Crippen molar-refractivity contribution in [3.05, 3.63) is 58.3 Å². The summed E-state index contributed by atoms with van der Waals surface area (Å²) in [6.07, 6.45) is -4.56. The van der Waals surface area contributed by atoms with Gasteiger partial charge in [0.25, 0.3) is 0 Å². The third kappa shape index (κ3) is 3.80. The lowest BCUT2D eigenvalue weighted by Crippen LogP contribution is -2.10. The first-order chi connectivity index (χ1) is 10.3. The number of aromatic nitrogens is 1. The zero-order chi connectivity index (χ0) is 16.3. The van der Waals surface area contributed by atoms with E-state index in [0.717, 1.165) is 29.0 Å². The van der Waals surface area contributed by atoms with Crippen molar-refractivity contribution in [2.24, 2.45) is 0 Å². The van der Waals surface area contributed by atoms with E-state index in [1.54, 1.807) is 6.07 Å². The van der Waals surface area contributed by atoms with Crippen molar-refractivity contribution < 1.29 is 13.2 Å². The Labute approximate surface area is 131 Å². The molecule has 0 saturated carbocycles. The van der Waals surface area contributed by atoms with E-state index in [4.69, 9.17) is 5.26 Å². The highest BCUT2D eigenvalue weighted by atomic mass is 32.2. The maximum absolute atomic E-state index is 13.0. The van der Waals surface area contributed by atoms with Gasteiger partial charge in [0.15, 0.2) is 0 Å². The van der Waals surface area contributed by atoms with Gasteiger partial charge in [0.05, 0.1) is 11.1 Å². The molecule has 0 unspecified atom stereocenters. The average Bonchev–Trinajstić information content (AvgIpc) is 2.45. The summed E-state index contributed by atoms with van der Waals surface area (Å²) in [5.41, 5.74) is 0.998. The summed E-state index contributed by atoms with van der Waals surface area (Å²) in [6, 6.07) is 10.2. The Balaban J connectivity index is 2.33. The SMILES string of the molecule is Cc1ccc(CSc2nc(C)cc(C(F)(F)F)c2C#N)cc1. The van der Waals surface area contributed by atoms with Gasteiger partial charge in [-0.05, 0) is 25.5 Å². The van der Waals surface area contributed by atoms with Crippen LogP contribution in [0.15, 0.2) is 35.4 Å². The van der Waals surface area contributed by atoms with Crippen LogP contribution in [0.4, 0.5) is 13.2 Å². The maximum atomic E-state index is 13.0. The molecule has 0 aliphatic carbocycles. The molecule has 0 fully saturated rings. The molecule has 0 aliphatic rings. The van der Waals surface area contributed by atoms with Crippen LogP contribution >= 0.6 is 11.8 Å². The molecule has 2 rings (SSSR count). The van der Waals surface area contributed by atoms with E-state index in [9.17, 15) is 13.2 Å². The molecule has 22 heavy (non-hydrogen) atoms. The van der Waals surface area contributed by atoms with Crippen LogP contribution in [0.5, 0.6) is 0 Å². The van der Waals surface area contributed by atoms with Gasteiger partial charge in [0, 0.05) is 11.4 Å². The quantitative estimate of drug-likeness (QED) is 0.756. The fourth-order valence-corrected chi connectivity index (χ4v) is 2.92. The number of aryl methyl sites for hydroxylation is 2. The predicted molar refractivity (Wildman–Crippen MR) is 79.4 cm³/mol. The first-order valence-electron chi connectivity index (χ1n) is 6.48. The molecule has 0 bridgehead atoms. The molecule has 0 atom stereocenters. The molecule has 0 amide bonds. The van der Waals surface area contributed by atoms with Crippen LogP contribution in [0.1, 0.15) is 27.9 Å². The second kappa shape index (κ2) is 6.41. The third-order valence-corrected chi connectivity index (χ3v) is 4.07. The zero-order valence-electron chi connectivity index (χ0n) is 12.0. The first-order valence-corrected chi connectivity index (χ1v) is 7.47. The Bertz CT molecular complexity index is 716. The number of nitriles is 1. The second-order valence-electron chi connectivity index (χ2n) is 4.88. The molecule has 0 saturated heterocycles. The minimum Gasteiger partial charge on any atom is -0.245 e. The lowest BCUT2D eigenvalue weighted by atomic mass is 10.1. The smallest absolute Gasteiger partial charge is 0.245 e. The molecule has 1 aromatic heterocycles. The number of hydrogen-bond donors (Lipinski definition) is 0. The first kappa shape index (κ1) is 16.4. The average molecular weight is 322 g/mol. The van der Waals surface area contributed by atoms with Crippen molar-refractivity contribution in [1.82, 2.24) is 4.98 Å². The number of benzene rings is 1. The minimum absolute atomic E-state index is 0.121. The number of nitrogens with zero attached hydrogens (tertiary/aromatic N) is 2. The van der Waals surface area contributed by atoms with Crippen molar-refractivity contribution in [2.75, 3.05) is 0 Å².